The number of rotatable bonds is 0. The van der Waals surface area contributed by atoms with Crippen molar-refractivity contribution in [3.05, 3.63) is 22.6 Å². The summed E-state index contributed by atoms with van der Waals surface area (Å²) >= 11 is 4.16. The minimum absolute atomic E-state index is 1.04. The van der Waals surface area contributed by atoms with Gasteiger partial charge in [-0.3, -0.25) is 0 Å². The summed E-state index contributed by atoms with van der Waals surface area (Å²) in [6.45, 7) is 2.09. The van der Waals surface area contributed by atoms with Gasteiger partial charge in [0.15, 0.2) is 0 Å². The molecule has 1 rings (SSSR count). The van der Waals surface area contributed by atoms with Crippen molar-refractivity contribution in [2.75, 3.05) is 0 Å². The number of hydrogen-bond donors (Lipinski definition) is 1. The van der Waals surface area contributed by atoms with Crippen molar-refractivity contribution in [1.29, 1.82) is 0 Å². The highest BCUT2D eigenvalue weighted by molar-refractivity contribution is 7.84. The monoisotopic (exact) mass is 112 g/mol. The molecule has 0 aromatic heterocycles. The lowest BCUT2D eigenvalue weighted by Gasteiger charge is -1.78. The van der Waals surface area contributed by atoms with Gasteiger partial charge in [0.2, 0.25) is 0 Å². The molecule has 1 heteroatoms. The van der Waals surface area contributed by atoms with Crippen LogP contribution in [0.5, 0.6) is 0 Å². The van der Waals surface area contributed by atoms with Gasteiger partial charge in [0, 0.05) is 0 Å². The smallest absolute Gasteiger partial charge is 0.00340 e. The van der Waals surface area contributed by atoms with E-state index < -0.39 is 0 Å². The van der Waals surface area contributed by atoms with Crippen LogP contribution in [0.3, 0.4) is 0 Å². The summed E-state index contributed by atoms with van der Waals surface area (Å²) in [5, 5.41) is 0. The minimum Gasteiger partial charge on any atom is -0.148 e. The fraction of sp³-hybridized carbons (Fsp3) is 0.333. The van der Waals surface area contributed by atoms with E-state index in [0.717, 1.165) is 6.42 Å². The minimum atomic E-state index is 1.04. The van der Waals surface area contributed by atoms with Crippen LogP contribution < -0.4 is 0 Å². The maximum atomic E-state index is 4.16. The topological polar surface area (TPSA) is 0 Å². The molecule has 0 amide bonds. The van der Waals surface area contributed by atoms with E-state index in [9.17, 15) is 0 Å². The zero-order valence-corrected chi connectivity index (χ0v) is 5.20. The van der Waals surface area contributed by atoms with Gasteiger partial charge in [-0.25, -0.2) is 0 Å². The molecule has 0 spiro atoms. The Kier molecular flexibility index (Phi) is 1.24. The van der Waals surface area contributed by atoms with Gasteiger partial charge in [-0.05, 0) is 18.2 Å². The van der Waals surface area contributed by atoms with Crippen LogP contribution in [0.1, 0.15) is 13.3 Å². The van der Waals surface area contributed by atoms with Gasteiger partial charge in [0.1, 0.15) is 0 Å². The zero-order valence-electron chi connectivity index (χ0n) is 4.31. The van der Waals surface area contributed by atoms with E-state index in [1.54, 1.807) is 0 Å². The molecule has 0 aromatic carbocycles. The highest BCUT2D eigenvalue weighted by Gasteiger charge is 1.95. The van der Waals surface area contributed by atoms with Crippen molar-refractivity contribution >= 4 is 12.6 Å². The molecule has 0 atom stereocenters. The number of hydrogen-bond acceptors (Lipinski definition) is 1. The predicted molar refractivity (Wildman–Crippen MR) is 35.4 cm³/mol. The van der Waals surface area contributed by atoms with Gasteiger partial charge in [0.25, 0.3) is 0 Å². The standard InChI is InChI=1S/C6H8S/c1-5-2-3-6(7)4-5/h2,4,7H,3H2,1H3. The molecule has 0 fully saturated rings. The zero-order chi connectivity index (χ0) is 5.28. The Morgan fingerprint density at radius 3 is 2.57 bits per heavy atom. The first-order valence-electron chi connectivity index (χ1n) is 2.35. The van der Waals surface area contributed by atoms with Crippen molar-refractivity contribution < 1.29 is 0 Å². The van der Waals surface area contributed by atoms with Crippen LogP contribution in [-0.4, -0.2) is 0 Å². The second-order valence-corrected chi connectivity index (χ2v) is 2.36. The fourth-order valence-corrected chi connectivity index (χ4v) is 0.941. The Balaban J connectivity index is 2.69. The molecule has 0 aromatic rings. The molecule has 0 aliphatic heterocycles. The van der Waals surface area contributed by atoms with Gasteiger partial charge in [-0.1, -0.05) is 17.7 Å². The first kappa shape index (κ1) is 4.98. The van der Waals surface area contributed by atoms with Crippen molar-refractivity contribution in [1.82, 2.24) is 0 Å². The summed E-state index contributed by atoms with van der Waals surface area (Å²) in [5.74, 6) is 0. The molecule has 0 nitrogen and oxygen atoms in total. The van der Waals surface area contributed by atoms with Crippen LogP contribution in [0.4, 0.5) is 0 Å². The lowest BCUT2D eigenvalue weighted by atomic mass is 10.3. The third kappa shape index (κ3) is 1.10. The fourth-order valence-electron chi connectivity index (χ4n) is 0.646. The van der Waals surface area contributed by atoms with Gasteiger partial charge < -0.3 is 0 Å². The number of thiol groups is 1. The maximum Gasteiger partial charge on any atom is -0.00340 e. The average molecular weight is 112 g/mol. The summed E-state index contributed by atoms with van der Waals surface area (Å²) < 4.78 is 0. The van der Waals surface area contributed by atoms with Gasteiger partial charge >= 0.3 is 0 Å². The van der Waals surface area contributed by atoms with Crippen molar-refractivity contribution in [2.45, 2.75) is 13.3 Å². The lowest BCUT2D eigenvalue weighted by Crippen LogP contribution is -1.54. The van der Waals surface area contributed by atoms with E-state index in [1.165, 1.54) is 10.5 Å². The summed E-state index contributed by atoms with van der Waals surface area (Å²) in [6, 6.07) is 0. The quantitative estimate of drug-likeness (QED) is 0.456. The molecular weight excluding hydrogens is 104 g/mol. The molecule has 0 bridgehead atoms. The van der Waals surface area contributed by atoms with Crippen LogP contribution in [0, 0.1) is 0 Å². The Morgan fingerprint density at radius 2 is 2.43 bits per heavy atom. The molecule has 0 unspecified atom stereocenters. The van der Waals surface area contributed by atoms with E-state index in [4.69, 9.17) is 0 Å². The van der Waals surface area contributed by atoms with Crippen molar-refractivity contribution in [2.24, 2.45) is 0 Å². The van der Waals surface area contributed by atoms with Crippen LogP contribution in [0.15, 0.2) is 22.6 Å². The Labute approximate surface area is 49.3 Å². The van der Waals surface area contributed by atoms with Crippen LogP contribution in [0.2, 0.25) is 0 Å². The predicted octanol–water partition coefficient (Wildman–Crippen LogP) is 2.15. The second kappa shape index (κ2) is 1.74. The van der Waals surface area contributed by atoms with Crippen LogP contribution in [0.25, 0.3) is 0 Å². The second-order valence-electron chi connectivity index (χ2n) is 1.79. The highest BCUT2D eigenvalue weighted by atomic mass is 32.1. The Bertz CT molecular complexity index is 131. The van der Waals surface area contributed by atoms with E-state index >= 15 is 0 Å². The normalized spacial score (nSPS) is 19.1. The average Bonchev–Trinajstić information content (AvgIpc) is 1.87. The summed E-state index contributed by atoms with van der Waals surface area (Å²) in [7, 11) is 0. The summed E-state index contributed by atoms with van der Waals surface area (Å²) in [5.41, 5.74) is 1.34. The molecule has 0 heterocycles. The van der Waals surface area contributed by atoms with Crippen molar-refractivity contribution in [3.8, 4) is 0 Å². The molecule has 0 saturated carbocycles. The first-order chi connectivity index (χ1) is 3.29. The van der Waals surface area contributed by atoms with Crippen LogP contribution >= 0.6 is 12.6 Å². The van der Waals surface area contributed by atoms with E-state index in [2.05, 4.69) is 31.7 Å². The molecule has 0 N–H and O–H groups in total. The highest BCUT2D eigenvalue weighted by Crippen LogP contribution is 2.18. The summed E-state index contributed by atoms with van der Waals surface area (Å²) in [4.78, 5) is 1.18. The van der Waals surface area contributed by atoms with Gasteiger partial charge in [0.05, 0.1) is 0 Å². The largest absolute Gasteiger partial charge is 0.148 e. The van der Waals surface area contributed by atoms with Gasteiger partial charge in [-0.15, -0.1) is 12.6 Å². The molecular formula is C6H8S. The van der Waals surface area contributed by atoms with Crippen LogP contribution in [-0.2, 0) is 0 Å². The first-order valence-corrected chi connectivity index (χ1v) is 2.80. The molecule has 38 valence electrons. The molecule has 1 aliphatic carbocycles. The third-order valence-electron chi connectivity index (χ3n) is 1.03. The third-order valence-corrected chi connectivity index (χ3v) is 1.34. The van der Waals surface area contributed by atoms with E-state index in [-0.39, 0.29) is 0 Å². The van der Waals surface area contributed by atoms with E-state index in [1.807, 2.05) is 0 Å². The Hall–Kier alpha value is -0.170. The maximum absolute atomic E-state index is 4.16. The molecule has 1 aliphatic rings. The lowest BCUT2D eigenvalue weighted by molar-refractivity contribution is 1.40. The Morgan fingerprint density at radius 1 is 1.71 bits per heavy atom. The van der Waals surface area contributed by atoms with Gasteiger partial charge in [-0.2, -0.15) is 0 Å². The molecule has 0 radical (unpaired) electrons. The molecule has 0 saturated heterocycles. The van der Waals surface area contributed by atoms with E-state index in [0.29, 0.717) is 0 Å². The summed E-state index contributed by atoms with van der Waals surface area (Å²) in [6.07, 6.45) is 5.29. The molecule has 7 heavy (non-hydrogen) atoms. The SMILES string of the molecule is CC1=CCC(S)=C1. The van der Waals surface area contributed by atoms with Crippen molar-refractivity contribution in [3.63, 3.8) is 0 Å². The number of allylic oxidation sites excluding steroid dienone is 4.